The SMILES string of the molecule is CCCCCCCCCCCC(=O)[O-].[Cs+]. The second kappa shape index (κ2) is 15.5. The Balaban J connectivity index is 0. The fourth-order valence-electron chi connectivity index (χ4n) is 1.58. The molecule has 0 aliphatic carbocycles. The molecule has 2 nitrogen and oxygen atoms in total. The van der Waals surface area contributed by atoms with Gasteiger partial charge in [-0.3, -0.25) is 0 Å². The van der Waals surface area contributed by atoms with Crippen LogP contribution in [-0.2, 0) is 4.79 Å². The van der Waals surface area contributed by atoms with Gasteiger partial charge in [0.05, 0.1) is 0 Å². The zero-order valence-electron chi connectivity index (χ0n) is 10.4. The number of unbranched alkanes of at least 4 members (excludes halogenated alkanes) is 8. The Morgan fingerprint density at radius 3 is 1.67 bits per heavy atom. The molecule has 0 rings (SSSR count). The van der Waals surface area contributed by atoms with Crippen LogP contribution in [0.4, 0.5) is 0 Å². The molecule has 0 spiro atoms. The molecule has 0 aliphatic heterocycles. The van der Waals surface area contributed by atoms with E-state index in [-0.39, 0.29) is 75.3 Å². The van der Waals surface area contributed by atoms with Crippen molar-refractivity contribution in [3.63, 3.8) is 0 Å². The molecule has 0 aromatic rings. The summed E-state index contributed by atoms with van der Waals surface area (Å²) in [5.74, 6) is -0.909. The van der Waals surface area contributed by atoms with Crippen LogP contribution in [0.25, 0.3) is 0 Å². The van der Waals surface area contributed by atoms with E-state index in [2.05, 4.69) is 6.92 Å². The molecule has 0 saturated heterocycles. The van der Waals surface area contributed by atoms with Crippen molar-refractivity contribution in [3.8, 4) is 0 Å². The fourth-order valence-corrected chi connectivity index (χ4v) is 1.58. The second-order valence-electron chi connectivity index (χ2n) is 3.95. The maximum Gasteiger partial charge on any atom is 1.00 e. The summed E-state index contributed by atoms with van der Waals surface area (Å²) in [6.07, 6.45) is 11.2. The maximum atomic E-state index is 10.1. The maximum absolute atomic E-state index is 10.1. The van der Waals surface area contributed by atoms with Crippen molar-refractivity contribution >= 4 is 5.97 Å². The third-order valence-corrected chi connectivity index (χ3v) is 2.48. The van der Waals surface area contributed by atoms with Crippen LogP contribution in [0, 0.1) is 0 Å². The van der Waals surface area contributed by atoms with Gasteiger partial charge in [0, 0.05) is 5.97 Å². The van der Waals surface area contributed by atoms with E-state index in [0.29, 0.717) is 0 Å². The van der Waals surface area contributed by atoms with E-state index in [4.69, 9.17) is 0 Å². The van der Waals surface area contributed by atoms with Gasteiger partial charge in [-0.2, -0.15) is 0 Å². The number of carboxylic acids is 1. The largest absolute Gasteiger partial charge is 1.00 e. The molecule has 0 aromatic carbocycles. The normalized spacial score (nSPS) is 9.67. The van der Waals surface area contributed by atoms with Gasteiger partial charge in [0.25, 0.3) is 0 Å². The Hall–Kier alpha value is 1.52. The summed E-state index contributed by atoms with van der Waals surface area (Å²) in [5.41, 5.74) is 0. The van der Waals surface area contributed by atoms with Crippen LogP contribution in [0.3, 0.4) is 0 Å². The number of carbonyl (C=O) groups excluding carboxylic acids is 1. The average Bonchev–Trinajstić information content (AvgIpc) is 2.15. The van der Waals surface area contributed by atoms with Crippen LogP contribution in [0.2, 0.25) is 0 Å². The monoisotopic (exact) mass is 332 g/mol. The topological polar surface area (TPSA) is 40.1 Å². The molecule has 0 saturated carbocycles. The number of carbonyl (C=O) groups is 1. The van der Waals surface area contributed by atoms with Gasteiger partial charge in [0.2, 0.25) is 0 Å². The summed E-state index contributed by atoms with van der Waals surface area (Å²) in [4.78, 5) is 10.1. The summed E-state index contributed by atoms with van der Waals surface area (Å²) < 4.78 is 0. The van der Waals surface area contributed by atoms with Gasteiger partial charge < -0.3 is 9.90 Å². The molecule has 0 fully saturated rings. The molecule has 0 bridgehead atoms. The molecule has 0 radical (unpaired) electrons. The minimum Gasteiger partial charge on any atom is -0.550 e. The Morgan fingerprint density at radius 2 is 1.27 bits per heavy atom. The second-order valence-corrected chi connectivity index (χ2v) is 3.95. The minimum absolute atomic E-state index is 0. The third-order valence-electron chi connectivity index (χ3n) is 2.48. The van der Waals surface area contributed by atoms with Gasteiger partial charge in [0.15, 0.2) is 0 Å². The summed E-state index contributed by atoms with van der Waals surface area (Å²) in [6, 6.07) is 0. The van der Waals surface area contributed by atoms with E-state index >= 15 is 0 Å². The average molecular weight is 332 g/mol. The molecule has 0 heterocycles. The molecule has 0 atom stereocenters. The first-order valence-electron chi connectivity index (χ1n) is 5.97. The van der Waals surface area contributed by atoms with E-state index in [1.165, 1.54) is 44.9 Å². The van der Waals surface area contributed by atoms with Gasteiger partial charge in [-0.15, -0.1) is 0 Å². The number of hydrogen-bond donors (Lipinski definition) is 0. The van der Waals surface area contributed by atoms with Crippen LogP contribution in [0.1, 0.15) is 71.1 Å². The zero-order chi connectivity index (χ0) is 10.6. The quantitative estimate of drug-likeness (QED) is 0.514. The molecule has 0 unspecified atom stereocenters. The van der Waals surface area contributed by atoms with Crippen molar-refractivity contribution in [2.24, 2.45) is 0 Å². The van der Waals surface area contributed by atoms with Crippen LogP contribution < -0.4 is 74.0 Å². The molecular weight excluding hydrogens is 309 g/mol. The molecule has 0 amide bonds. The number of rotatable bonds is 10. The summed E-state index contributed by atoms with van der Waals surface area (Å²) >= 11 is 0. The number of carboxylic acid groups (broad SMARTS) is 1. The van der Waals surface area contributed by atoms with E-state index in [1.807, 2.05) is 0 Å². The first-order chi connectivity index (χ1) is 6.77. The Labute approximate surface area is 153 Å². The van der Waals surface area contributed by atoms with Crippen LogP contribution in [0.15, 0.2) is 0 Å². The summed E-state index contributed by atoms with van der Waals surface area (Å²) in [5, 5.41) is 10.1. The van der Waals surface area contributed by atoms with Crippen molar-refractivity contribution in [2.75, 3.05) is 0 Å². The molecule has 15 heavy (non-hydrogen) atoms. The van der Waals surface area contributed by atoms with Gasteiger partial charge >= 0.3 is 68.9 Å². The van der Waals surface area contributed by atoms with Gasteiger partial charge in [-0.25, -0.2) is 0 Å². The van der Waals surface area contributed by atoms with Crippen molar-refractivity contribution in [3.05, 3.63) is 0 Å². The van der Waals surface area contributed by atoms with E-state index in [0.717, 1.165) is 12.8 Å². The Bertz CT molecular complexity index is 138. The number of hydrogen-bond acceptors (Lipinski definition) is 2. The minimum atomic E-state index is -0.909. The summed E-state index contributed by atoms with van der Waals surface area (Å²) in [6.45, 7) is 2.22. The van der Waals surface area contributed by atoms with Crippen LogP contribution in [0.5, 0.6) is 0 Å². The molecular formula is C12H23CsO2. The predicted octanol–water partition coefficient (Wildman–Crippen LogP) is -0.339. The van der Waals surface area contributed by atoms with Crippen molar-refractivity contribution in [1.29, 1.82) is 0 Å². The number of aliphatic carboxylic acids is 1. The first-order valence-corrected chi connectivity index (χ1v) is 5.97. The summed E-state index contributed by atoms with van der Waals surface area (Å²) in [7, 11) is 0. The third kappa shape index (κ3) is 18.1. The van der Waals surface area contributed by atoms with Crippen LogP contribution >= 0.6 is 0 Å². The zero-order valence-corrected chi connectivity index (χ0v) is 16.7. The molecule has 0 aliphatic rings. The molecule has 0 N–H and O–H groups in total. The van der Waals surface area contributed by atoms with Gasteiger partial charge in [-0.05, 0) is 12.8 Å². The fraction of sp³-hybridized carbons (Fsp3) is 0.917. The molecule has 0 aromatic heterocycles. The predicted molar refractivity (Wildman–Crippen MR) is 56.9 cm³/mol. The standard InChI is InChI=1S/C12H24O2.Cs/c1-2-3-4-5-6-7-8-9-10-11-12(13)14;/h2-11H2,1H3,(H,13,14);/q;+1/p-1. The van der Waals surface area contributed by atoms with Gasteiger partial charge in [-0.1, -0.05) is 58.3 Å². The van der Waals surface area contributed by atoms with Crippen molar-refractivity contribution < 1.29 is 78.8 Å². The van der Waals surface area contributed by atoms with Crippen molar-refractivity contribution in [2.45, 2.75) is 71.1 Å². The van der Waals surface area contributed by atoms with E-state index in [9.17, 15) is 9.90 Å². The Morgan fingerprint density at radius 1 is 0.867 bits per heavy atom. The smallest absolute Gasteiger partial charge is 0.550 e. The Kier molecular flexibility index (Phi) is 19.5. The van der Waals surface area contributed by atoms with E-state index in [1.54, 1.807) is 0 Å². The van der Waals surface area contributed by atoms with Crippen LogP contribution in [-0.4, -0.2) is 5.97 Å². The molecule has 3 heteroatoms. The molecule has 84 valence electrons. The van der Waals surface area contributed by atoms with E-state index < -0.39 is 5.97 Å². The first kappa shape index (κ1) is 18.9. The van der Waals surface area contributed by atoms with Crippen molar-refractivity contribution in [1.82, 2.24) is 0 Å². The van der Waals surface area contributed by atoms with Gasteiger partial charge in [0.1, 0.15) is 0 Å².